The van der Waals surface area contributed by atoms with Gasteiger partial charge >= 0.3 is 0 Å². The summed E-state index contributed by atoms with van der Waals surface area (Å²) in [7, 11) is 2.15. The first-order chi connectivity index (χ1) is 9.63. The third-order valence-electron chi connectivity index (χ3n) is 5.14. The van der Waals surface area contributed by atoms with Crippen molar-refractivity contribution >= 4 is 5.91 Å². The predicted molar refractivity (Wildman–Crippen MR) is 75.2 cm³/mol. The van der Waals surface area contributed by atoms with E-state index in [0.29, 0.717) is 31.7 Å². The summed E-state index contributed by atoms with van der Waals surface area (Å²) in [6, 6.07) is 0.583. The van der Waals surface area contributed by atoms with Crippen LogP contribution >= 0.6 is 0 Å². The van der Waals surface area contributed by atoms with E-state index in [1.807, 2.05) is 6.92 Å². The van der Waals surface area contributed by atoms with Crippen molar-refractivity contribution in [3.63, 3.8) is 0 Å². The van der Waals surface area contributed by atoms with Gasteiger partial charge in [-0.1, -0.05) is 0 Å². The first-order valence-corrected chi connectivity index (χ1v) is 7.89. The van der Waals surface area contributed by atoms with Crippen molar-refractivity contribution in [2.75, 3.05) is 33.4 Å². The number of piperidine rings is 1. The summed E-state index contributed by atoms with van der Waals surface area (Å²) in [4.78, 5) is 14.5. The highest BCUT2D eigenvalue weighted by Crippen LogP contribution is 2.44. The van der Waals surface area contributed by atoms with Crippen LogP contribution in [0.25, 0.3) is 0 Å². The minimum Gasteiger partial charge on any atom is -0.356 e. The van der Waals surface area contributed by atoms with Crippen LogP contribution in [0.1, 0.15) is 32.6 Å². The number of nitrogens with zero attached hydrogens (tertiary/aromatic N) is 1. The lowest BCUT2D eigenvalue weighted by Crippen LogP contribution is -2.55. The molecule has 20 heavy (non-hydrogen) atoms. The number of fused-ring (bicyclic) bond motifs is 1. The van der Waals surface area contributed by atoms with Crippen LogP contribution < -0.4 is 5.32 Å². The van der Waals surface area contributed by atoms with Crippen LogP contribution in [-0.4, -0.2) is 56.0 Å². The summed E-state index contributed by atoms with van der Waals surface area (Å²) in [5.41, 5.74) is 0. The minimum atomic E-state index is -0.342. The zero-order valence-electron chi connectivity index (χ0n) is 12.6. The third-order valence-corrected chi connectivity index (χ3v) is 5.14. The standard InChI is InChI=1S/C15H26N2O3/c1-3-16-14(18)12-8-11-9-15(19-6-7-20-15)5-4-13(11)17(2)10-12/h11-13H,3-10H2,1-2H3,(H,16,18)/t11-,12-,13-/m1/s1. The molecule has 3 aliphatic rings. The van der Waals surface area contributed by atoms with Crippen molar-refractivity contribution in [1.29, 1.82) is 0 Å². The molecule has 1 aliphatic carbocycles. The average molecular weight is 282 g/mol. The molecule has 1 spiro atoms. The molecule has 0 aromatic carbocycles. The van der Waals surface area contributed by atoms with Crippen LogP contribution in [0.4, 0.5) is 0 Å². The highest BCUT2D eigenvalue weighted by molar-refractivity contribution is 5.79. The van der Waals surface area contributed by atoms with E-state index in [-0.39, 0.29) is 17.6 Å². The second-order valence-electron chi connectivity index (χ2n) is 6.44. The maximum Gasteiger partial charge on any atom is 0.224 e. The number of likely N-dealkylation sites (tertiary alicyclic amines) is 1. The van der Waals surface area contributed by atoms with Crippen LogP contribution in [0, 0.1) is 11.8 Å². The van der Waals surface area contributed by atoms with E-state index in [1.54, 1.807) is 0 Å². The second kappa shape index (κ2) is 5.62. The maximum absolute atomic E-state index is 12.1. The number of ether oxygens (including phenoxy) is 2. The SMILES string of the molecule is CCNC(=O)[C@@H]1C[C@@H]2CC3(CC[C@H]2N(C)C1)OCCO3. The number of amides is 1. The molecular weight excluding hydrogens is 256 g/mol. The van der Waals surface area contributed by atoms with Crippen molar-refractivity contribution < 1.29 is 14.3 Å². The predicted octanol–water partition coefficient (Wildman–Crippen LogP) is 0.986. The number of carbonyl (C=O) groups is 1. The Hall–Kier alpha value is -0.650. The smallest absolute Gasteiger partial charge is 0.224 e. The molecule has 0 bridgehead atoms. The average Bonchev–Trinajstić information content (AvgIpc) is 2.86. The highest BCUT2D eigenvalue weighted by Gasteiger charge is 2.49. The van der Waals surface area contributed by atoms with E-state index < -0.39 is 0 Å². The fraction of sp³-hybridized carbons (Fsp3) is 0.933. The summed E-state index contributed by atoms with van der Waals surface area (Å²) in [6.07, 6.45) is 4.01. The Labute approximate surface area is 121 Å². The Kier molecular flexibility index (Phi) is 4.02. The van der Waals surface area contributed by atoms with Crippen molar-refractivity contribution in [3.05, 3.63) is 0 Å². The molecule has 3 rings (SSSR count). The van der Waals surface area contributed by atoms with Gasteiger partial charge in [0.05, 0.1) is 19.1 Å². The molecule has 0 radical (unpaired) electrons. The van der Waals surface area contributed by atoms with E-state index in [0.717, 1.165) is 32.2 Å². The molecule has 2 saturated heterocycles. The van der Waals surface area contributed by atoms with Gasteiger partial charge in [-0.2, -0.15) is 0 Å². The number of rotatable bonds is 2. The summed E-state index contributed by atoms with van der Waals surface area (Å²) in [5, 5.41) is 2.96. The molecule has 0 unspecified atom stereocenters. The van der Waals surface area contributed by atoms with E-state index in [1.165, 1.54) is 0 Å². The fourth-order valence-corrected chi connectivity index (χ4v) is 4.25. The van der Waals surface area contributed by atoms with Gasteiger partial charge in [-0.15, -0.1) is 0 Å². The number of hydrogen-bond donors (Lipinski definition) is 1. The summed E-state index contributed by atoms with van der Waals surface area (Å²) in [5.74, 6) is 0.474. The lowest BCUT2D eigenvalue weighted by molar-refractivity contribution is -0.202. The molecule has 3 atom stereocenters. The van der Waals surface area contributed by atoms with Gasteiger partial charge in [0, 0.05) is 32.0 Å². The van der Waals surface area contributed by atoms with Crippen molar-refractivity contribution in [2.45, 2.75) is 44.4 Å². The Morgan fingerprint density at radius 3 is 2.85 bits per heavy atom. The van der Waals surface area contributed by atoms with Crippen LogP contribution in [0.15, 0.2) is 0 Å². The topological polar surface area (TPSA) is 50.8 Å². The zero-order chi connectivity index (χ0) is 14.2. The number of carbonyl (C=O) groups excluding carboxylic acids is 1. The molecule has 2 aliphatic heterocycles. The molecule has 114 valence electrons. The number of hydrogen-bond acceptors (Lipinski definition) is 4. The van der Waals surface area contributed by atoms with Crippen molar-refractivity contribution in [1.82, 2.24) is 10.2 Å². The fourth-order valence-electron chi connectivity index (χ4n) is 4.25. The number of nitrogens with one attached hydrogen (secondary N) is 1. The maximum atomic E-state index is 12.1. The van der Waals surface area contributed by atoms with Gasteiger partial charge in [-0.25, -0.2) is 0 Å². The molecule has 1 saturated carbocycles. The monoisotopic (exact) mass is 282 g/mol. The lowest BCUT2D eigenvalue weighted by atomic mass is 9.72. The van der Waals surface area contributed by atoms with E-state index in [2.05, 4.69) is 17.3 Å². The molecular formula is C15H26N2O3. The molecule has 0 aromatic heterocycles. The lowest BCUT2D eigenvalue weighted by Gasteiger charge is -2.49. The molecule has 2 heterocycles. The van der Waals surface area contributed by atoms with Crippen LogP contribution in [0.3, 0.4) is 0 Å². The Bertz CT molecular complexity index is 368. The second-order valence-corrected chi connectivity index (χ2v) is 6.44. The van der Waals surface area contributed by atoms with Gasteiger partial charge in [-0.3, -0.25) is 4.79 Å². The van der Waals surface area contributed by atoms with Crippen molar-refractivity contribution in [3.8, 4) is 0 Å². The van der Waals surface area contributed by atoms with E-state index in [9.17, 15) is 4.79 Å². The Balaban J connectivity index is 1.68. The largest absolute Gasteiger partial charge is 0.356 e. The third kappa shape index (κ3) is 2.59. The summed E-state index contributed by atoms with van der Waals surface area (Å²) >= 11 is 0. The van der Waals surface area contributed by atoms with Crippen LogP contribution in [-0.2, 0) is 14.3 Å². The van der Waals surface area contributed by atoms with E-state index in [4.69, 9.17) is 9.47 Å². The highest BCUT2D eigenvalue weighted by atomic mass is 16.7. The van der Waals surface area contributed by atoms with Gasteiger partial charge in [0.1, 0.15) is 0 Å². The Morgan fingerprint density at radius 1 is 1.40 bits per heavy atom. The molecule has 5 nitrogen and oxygen atoms in total. The Morgan fingerprint density at radius 2 is 2.15 bits per heavy atom. The van der Waals surface area contributed by atoms with E-state index >= 15 is 0 Å². The first kappa shape index (κ1) is 14.3. The molecule has 3 fully saturated rings. The van der Waals surface area contributed by atoms with Gasteiger partial charge in [0.25, 0.3) is 0 Å². The van der Waals surface area contributed by atoms with Gasteiger partial charge in [0.2, 0.25) is 5.91 Å². The summed E-state index contributed by atoms with van der Waals surface area (Å²) in [6.45, 7) is 4.99. The normalized spacial score (nSPS) is 36.8. The summed E-state index contributed by atoms with van der Waals surface area (Å²) < 4.78 is 11.7. The zero-order valence-corrected chi connectivity index (χ0v) is 12.6. The first-order valence-electron chi connectivity index (χ1n) is 7.89. The van der Waals surface area contributed by atoms with Gasteiger partial charge in [0.15, 0.2) is 5.79 Å². The van der Waals surface area contributed by atoms with Gasteiger partial charge in [-0.05, 0) is 32.7 Å². The van der Waals surface area contributed by atoms with Crippen LogP contribution in [0.2, 0.25) is 0 Å². The molecule has 1 amide bonds. The van der Waals surface area contributed by atoms with Gasteiger partial charge < -0.3 is 19.7 Å². The molecule has 0 aromatic rings. The van der Waals surface area contributed by atoms with Crippen molar-refractivity contribution in [2.24, 2.45) is 11.8 Å². The molecule has 5 heteroatoms. The minimum absolute atomic E-state index is 0.109. The van der Waals surface area contributed by atoms with Crippen LogP contribution in [0.5, 0.6) is 0 Å². The molecule has 1 N–H and O–H groups in total. The quantitative estimate of drug-likeness (QED) is 0.820.